The van der Waals surface area contributed by atoms with Crippen LogP contribution in [0.3, 0.4) is 0 Å². The molecule has 11 nitrogen and oxygen atoms in total. The van der Waals surface area contributed by atoms with Gasteiger partial charge in [-0.15, -0.1) is 0 Å². The summed E-state index contributed by atoms with van der Waals surface area (Å²) in [6.07, 6.45) is 4.09. The van der Waals surface area contributed by atoms with Crippen molar-refractivity contribution in [2.45, 2.75) is 77.9 Å². The van der Waals surface area contributed by atoms with E-state index in [4.69, 9.17) is 9.26 Å². The molecule has 5 rings (SSSR count). The van der Waals surface area contributed by atoms with Gasteiger partial charge in [-0.1, -0.05) is 62.3 Å². The number of hydrogen-bond donors (Lipinski definition) is 2. The quantitative estimate of drug-likeness (QED) is 0.221. The van der Waals surface area contributed by atoms with Crippen LogP contribution < -0.4 is 10.6 Å². The van der Waals surface area contributed by atoms with Gasteiger partial charge in [0, 0.05) is 55.2 Å². The third-order valence-electron chi connectivity index (χ3n) is 9.19. The molecule has 3 atom stereocenters. The molecule has 0 unspecified atom stereocenters. The van der Waals surface area contributed by atoms with Gasteiger partial charge in [0.2, 0.25) is 5.91 Å². The molecule has 256 valence electrons. The lowest BCUT2D eigenvalue weighted by atomic mass is 9.88. The second-order valence-corrected chi connectivity index (χ2v) is 13.8. The molecular weight excluding hydrogens is 610 g/mol. The summed E-state index contributed by atoms with van der Waals surface area (Å²) < 4.78 is 10.9. The number of ether oxygens (including phenoxy) is 1. The lowest BCUT2D eigenvalue weighted by Gasteiger charge is -2.26. The van der Waals surface area contributed by atoms with Crippen LogP contribution in [0.2, 0.25) is 0 Å². The van der Waals surface area contributed by atoms with Gasteiger partial charge in [0.05, 0.1) is 31.8 Å². The number of Topliss-reactive ketones (excluding diaryl/α,β-unsaturated/α-hetero) is 2. The van der Waals surface area contributed by atoms with Crippen LogP contribution >= 0.6 is 0 Å². The number of pyridine rings is 1. The fourth-order valence-electron chi connectivity index (χ4n) is 6.07. The van der Waals surface area contributed by atoms with Crippen molar-refractivity contribution in [3.63, 3.8) is 0 Å². The van der Waals surface area contributed by atoms with E-state index in [1.807, 2.05) is 57.2 Å². The van der Waals surface area contributed by atoms with Crippen LogP contribution in [0, 0.1) is 17.3 Å². The Labute approximate surface area is 282 Å². The Balaban J connectivity index is 1.33. The summed E-state index contributed by atoms with van der Waals surface area (Å²) in [7, 11) is 0. The highest BCUT2D eigenvalue weighted by Gasteiger charge is 2.48. The van der Waals surface area contributed by atoms with E-state index in [9.17, 15) is 19.2 Å². The molecule has 1 aliphatic carbocycles. The first-order chi connectivity index (χ1) is 23.1. The lowest BCUT2D eigenvalue weighted by Crippen LogP contribution is -2.48. The fourth-order valence-corrected chi connectivity index (χ4v) is 6.07. The molecule has 2 aromatic heterocycles. The summed E-state index contributed by atoms with van der Waals surface area (Å²) in [6.45, 7) is 9.28. The van der Waals surface area contributed by atoms with E-state index in [0.29, 0.717) is 44.1 Å². The number of ketones is 2. The van der Waals surface area contributed by atoms with E-state index >= 15 is 0 Å². The first-order valence-electron chi connectivity index (χ1n) is 17.0. The van der Waals surface area contributed by atoms with Gasteiger partial charge >= 0.3 is 0 Å². The molecule has 0 bridgehead atoms. The number of aromatic nitrogens is 2. The van der Waals surface area contributed by atoms with Gasteiger partial charge in [0.25, 0.3) is 5.91 Å². The third kappa shape index (κ3) is 9.90. The monoisotopic (exact) mass is 657 g/mol. The number of benzene rings is 1. The van der Waals surface area contributed by atoms with Crippen LogP contribution in [0.15, 0.2) is 65.3 Å². The largest absolute Gasteiger partial charge is 0.379 e. The van der Waals surface area contributed by atoms with Crippen molar-refractivity contribution in [1.29, 1.82) is 0 Å². The topological polar surface area (TPSA) is 144 Å². The van der Waals surface area contributed by atoms with E-state index in [-0.39, 0.29) is 41.9 Å². The maximum Gasteiger partial charge on any atom is 0.274 e. The molecule has 48 heavy (non-hydrogen) atoms. The first-order valence-corrected chi connectivity index (χ1v) is 17.0. The number of nitrogens with zero attached hydrogens (tertiary/aromatic N) is 3. The number of nitrogens with one attached hydrogen (secondary N) is 2. The van der Waals surface area contributed by atoms with Gasteiger partial charge in [0.1, 0.15) is 0 Å². The molecule has 1 saturated heterocycles. The molecule has 2 fully saturated rings. The first kappa shape index (κ1) is 35.1. The minimum atomic E-state index is -0.976. The maximum atomic E-state index is 14.1. The molecule has 0 spiro atoms. The van der Waals surface area contributed by atoms with Gasteiger partial charge < -0.3 is 19.9 Å². The standard InChI is InChI=1S/C37H47N5O6/c1-25(2)19-31(34(44)37(3)12-13-37)40-35(45)27(20-26-9-5-4-6-10-26)21-33(43)30(22-28-11-7-8-14-38-28)39-36(46)32-23-29(48-41-32)24-42-15-17-47-18-16-42/h4-11,14,23,25,27,30-31H,12-13,15-22,24H2,1-3H3,(H,39,46)(H,40,45)/t27-,30+,31+/m1/s1. The average Bonchev–Trinajstić information content (AvgIpc) is 3.66. The Hall–Kier alpha value is -4.22. The Morgan fingerprint density at radius 3 is 2.33 bits per heavy atom. The molecule has 11 heteroatoms. The molecular formula is C37H47N5O6. The van der Waals surface area contributed by atoms with Gasteiger partial charge in [-0.05, 0) is 49.3 Å². The van der Waals surface area contributed by atoms with Crippen molar-refractivity contribution in [1.82, 2.24) is 25.7 Å². The van der Waals surface area contributed by atoms with Crippen molar-refractivity contribution >= 4 is 23.4 Å². The zero-order valence-corrected chi connectivity index (χ0v) is 28.2. The number of morpholine rings is 1. The fraction of sp³-hybridized carbons (Fsp3) is 0.514. The van der Waals surface area contributed by atoms with Gasteiger partial charge in [-0.25, -0.2) is 0 Å². The normalized spacial score (nSPS) is 17.7. The van der Waals surface area contributed by atoms with Crippen LogP contribution in [0.1, 0.15) is 74.0 Å². The van der Waals surface area contributed by atoms with Crippen molar-refractivity contribution in [3.8, 4) is 0 Å². The summed E-state index contributed by atoms with van der Waals surface area (Å²) in [5.41, 5.74) is 1.18. The second kappa shape index (κ2) is 16.3. The SMILES string of the molecule is CC(C)C[C@H](NC(=O)[C@@H](CC(=O)[C@H](Cc1ccccn1)NC(=O)c1cc(CN2CCOCC2)on1)Cc1ccccc1)C(=O)C1(C)CC1. The van der Waals surface area contributed by atoms with Crippen molar-refractivity contribution in [2.75, 3.05) is 26.3 Å². The Kier molecular flexibility index (Phi) is 11.9. The van der Waals surface area contributed by atoms with Gasteiger partial charge in [-0.3, -0.25) is 29.1 Å². The molecule has 1 aliphatic heterocycles. The van der Waals surface area contributed by atoms with Crippen molar-refractivity contribution in [2.24, 2.45) is 17.3 Å². The minimum absolute atomic E-state index is 0.0511. The molecule has 2 amide bonds. The Bertz CT molecular complexity index is 1530. The number of carbonyl (C=O) groups excluding carboxylic acids is 4. The maximum absolute atomic E-state index is 14.1. The van der Waals surface area contributed by atoms with Crippen LogP contribution in [0.25, 0.3) is 0 Å². The Morgan fingerprint density at radius 2 is 1.67 bits per heavy atom. The zero-order chi connectivity index (χ0) is 34.1. The zero-order valence-electron chi connectivity index (χ0n) is 28.2. The smallest absolute Gasteiger partial charge is 0.274 e. The van der Waals surface area contributed by atoms with Crippen LogP contribution in [-0.4, -0.2) is 76.8 Å². The number of carbonyl (C=O) groups is 4. The number of rotatable bonds is 17. The van der Waals surface area contributed by atoms with Gasteiger partial charge in [0.15, 0.2) is 23.0 Å². The van der Waals surface area contributed by atoms with Crippen molar-refractivity contribution < 1.29 is 28.4 Å². The molecule has 1 aromatic carbocycles. The summed E-state index contributed by atoms with van der Waals surface area (Å²) in [4.78, 5) is 61.5. The second-order valence-electron chi connectivity index (χ2n) is 13.8. The molecule has 2 aliphatic rings. The summed E-state index contributed by atoms with van der Waals surface area (Å²) in [5.74, 6) is -1.18. The van der Waals surface area contributed by atoms with Crippen LogP contribution in [0.5, 0.6) is 0 Å². The van der Waals surface area contributed by atoms with Gasteiger partial charge in [-0.2, -0.15) is 0 Å². The average molecular weight is 658 g/mol. The highest BCUT2D eigenvalue weighted by Crippen LogP contribution is 2.47. The van der Waals surface area contributed by atoms with E-state index < -0.39 is 29.3 Å². The molecule has 1 saturated carbocycles. The summed E-state index contributed by atoms with van der Waals surface area (Å²) in [6, 6.07) is 14.9. The van der Waals surface area contributed by atoms with E-state index in [0.717, 1.165) is 31.5 Å². The minimum Gasteiger partial charge on any atom is -0.379 e. The van der Waals surface area contributed by atoms with E-state index in [1.54, 1.807) is 24.4 Å². The number of hydrogen-bond acceptors (Lipinski definition) is 9. The third-order valence-corrected chi connectivity index (χ3v) is 9.19. The molecule has 2 N–H and O–H groups in total. The highest BCUT2D eigenvalue weighted by molar-refractivity contribution is 5.99. The molecule has 0 radical (unpaired) electrons. The predicted octanol–water partition coefficient (Wildman–Crippen LogP) is 3.96. The molecule has 3 aromatic rings. The number of amides is 2. The summed E-state index contributed by atoms with van der Waals surface area (Å²) >= 11 is 0. The predicted molar refractivity (Wildman–Crippen MR) is 179 cm³/mol. The van der Waals surface area contributed by atoms with E-state index in [1.165, 1.54) is 0 Å². The lowest BCUT2D eigenvalue weighted by molar-refractivity contribution is -0.134. The van der Waals surface area contributed by atoms with Crippen LogP contribution in [-0.2, 0) is 38.5 Å². The Morgan fingerprint density at radius 1 is 0.938 bits per heavy atom. The molecule has 3 heterocycles. The van der Waals surface area contributed by atoms with E-state index in [2.05, 4.69) is 25.7 Å². The highest BCUT2D eigenvalue weighted by atomic mass is 16.5. The van der Waals surface area contributed by atoms with Crippen LogP contribution in [0.4, 0.5) is 0 Å². The van der Waals surface area contributed by atoms with Crippen molar-refractivity contribution in [3.05, 3.63) is 83.5 Å². The summed E-state index contributed by atoms with van der Waals surface area (Å²) in [5, 5.41) is 9.86.